The number of ether oxygens (including phenoxy) is 1. The minimum absolute atomic E-state index is 0.104. The number of thioether (sulfide) groups is 1. The first-order chi connectivity index (χ1) is 12.2. The Bertz CT molecular complexity index is 904. The number of nitrogens with zero attached hydrogens (tertiary/aromatic N) is 2. The van der Waals surface area contributed by atoms with Crippen molar-refractivity contribution >= 4 is 45.1 Å². The first-order valence-corrected chi connectivity index (χ1v) is 9.53. The number of aromatic nitrogens is 1. The van der Waals surface area contributed by atoms with E-state index in [-0.39, 0.29) is 5.69 Å². The number of fused-ring (bicyclic) bond motifs is 1. The molecule has 0 N–H and O–H groups in total. The van der Waals surface area contributed by atoms with Crippen LogP contribution in [0.1, 0.15) is 12.5 Å². The fourth-order valence-electron chi connectivity index (χ4n) is 2.21. The van der Waals surface area contributed by atoms with Crippen molar-refractivity contribution in [2.75, 3.05) is 12.4 Å². The maximum absolute atomic E-state index is 10.6. The Balaban J connectivity index is 1.59. The molecule has 3 rings (SSSR count). The van der Waals surface area contributed by atoms with Gasteiger partial charge in [-0.05, 0) is 42.8 Å². The molecule has 1 aromatic heterocycles. The van der Waals surface area contributed by atoms with E-state index in [1.165, 1.54) is 12.1 Å². The second-order valence-corrected chi connectivity index (χ2v) is 7.40. The number of hydrogen-bond donors (Lipinski definition) is 0. The summed E-state index contributed by atoms with van der Waals surface area (Å²) in [6.45, 7) is 2.62. The van der Waals surface area contributed by atoms with Crippen molar-refractivity contribution in [1.82, 2.24) is 4.98 Å². The lowest BCUT2D eigenvalue weighted by Crippen LogP contribution is -1.89. The molecule has 0 saturated carbocycles. The third kappa shape index (κ3) is 4.58. The largest absolute Gasteiger partial charge is 0.494 e. The van der Waals surface area contributed by atoms with Crippen LogP contribution < -0.4 is 4.74 Å². The summed E-state index contributed by atoms with van der Waals surface area (Å²) in [5.74, 6) is 1.66. The minimum Gasteiger partial charge on any atom is -0.494 e. The Hall–Kier alpha value is -2.38. The highest BCUT2D eigenvalue weighted by Crippen LogP contribution is 2.32. The van der Waals surface area contributed by atoms with E-state index in [1.807, 2.05) is 37.3 Å². The summed E-state index contributed by atoms with van der Waals surface area (Å²) in [5, 5.41) is 10.6. The zero-order valence-corrected chi connectivity index (χ0v) is 15.2. The van der Waals surface area contributed by atoms with Gasteiger partial charge in [0.05, 0.1) is 21.7 Å². The fraction of sp³-hybridized carbons (Fsp3) is 0.167. The molecule has 0 fully saturated rings. The van der Waals surface area contributed by atoms with E-state index in [2.05, 4.69) is 4.98 Å². The standard InChI is InChI=1S/C18H16N2O3S2/c1-2-23-15-9-10-16-17(12-15)25-18(19-16)24-11-3-4-13-5-7-14(8-6-13)20(21)22/h3-10,12H,2,11H2,1H3/b4-3-. The quantitative estimate of drug-likeness (QED) is 0.315. The van der Waals surface area contributed by atoms with Crippen molar-refractivity contribution in [3.63, 3.8) is 0 Å². The van der Waals surface area contributed by atoms with Crippen molar-refractivity contribution in [2.24, 2.45) is 0 Å². The molecular weight excluding hydrogens is 356 g/mol. The van der Waals surface area contributed by atoms with Gasteiger partial charge >= 0.3 is 0 Å². The smallest absolute Gasteiger partial charge is 0.269 e. The molecule has 7 heteroatoms. The Labute approximate surface area is 153 Å². The summed E-state index contributed by atoms with van der Waals surface area (Å²) >= 11 is 3.32. The van der Waals surface area contributed by atoms with Crippen molar-refractivity contribution < 1.29 is 9.66 Å². The molecule has 2 aromatic carbocycles. The Morgan fingerprint density at radius 3 is 2.80 bits per heavy atom. The topological polar surface area (TPSA) is 65.3 Å². The van der Waals surface area contributed by atoms with Crippen LogP contribution in [-0.2, 0) is 0 Å². The normalized spacial score (nSPS) is 11.2. The summed E-state index contributed by atoms with van der Waals surface area (Å²) in [7, 11) is 0. The van der Waals surface area contributed by atoms with Crippen LogP contribution in [0.15, 0.2) is 52.9 Å². The van der Waals surface area contributed by atoms with Gasteiger partial charge in [0.25, 0.3) is 5.69 Å². The SMILES string of the molecule is CCOc1ccc2nc(SC/C=C\c3ccc([N+](=O)[O-])cc3)sc2c1. The average molecular weight is 372 g/mol. The van der Waals surface area contributed by atoms with Gasteiger partial charge in [0.1, 0.15) is 5.75 Å². The predicted molar refractivity (Wildman–Crippen MR) is 104 cm³/mol. The van der Waals surface area contributed by atoms with Crippen molar-refractivity contribution in [2.45, 2.75) is 11.3 Å². The Morgan fingerprint density at radius 2 is 2.08 bits per heavy atom. The highest BCUT2D eigenvalue weighted by atomic mass is 32.2. The molecule has 128 valence electrons. The number of nitro benzene ring substituents is 1. The monoisotopic (exact) mass is 372 g/mol. The zero-order valence-electron chi connectivity index (χ0n) is 13.5. The summed E-state index contributed by atoms with van der Waals surface area (Å²) < 4.78 is 7.64. The molecular formula is C18H16N2O3S2. The lowest BCUT2D eigenvalue weighted by atomic mass is 10.2. The third-order valence-corrected chi connectivity index (χ3v) is 5.48. The van der Waals surface area contributed by atoms with Gasteiger partial charge in [-0.15, -0.1) is 11.3 Å². The molecule has 0 atom stereocenters. The number of hydrogen-bond acceptors (Lipinski definition) is 6. The number of nitro groups is 1. The molecule has 0 amide bonds. The second kappa shape index (κ2) is 8.13. The first-order valence-electron chi connectivity index (χ1n) is 7.73. The van der Waals surface area contributed by atoms with Gasteiger partial charge in [-0.3, -0.25) is 10.1 Å². The van der Waals surface area contributed by atoms with Gasteiger partial charge in [-0.2, -0.15) is 0 Å². The van der Waals surface area contributed by atoms with Crippen LogP contribution in [-0.4, -0.2) is 22.3 Å². The second-order valence-electron chi connectivity index (χ2n) is 5.10. The zero-order chi connectivity index (χ0) is 17.6. The van der Waals surface area contributed by atoms with Crippen LogP contribution >= 0.6 is 23.1 Å². The molecule has 5 nitrogen and oxygen atoms in total. The van der Waals surface area contributed by atoms with E-state index in [0.29, 0.717) is 6.61 Å². The summed E-state index contributed by atoms with van der Waals surface area (Å²) in [4.78, 5) is 14.8. The van der Waals surface area contributed by atoms with Crippen molar-refractivity contribution in [3.05, 3.63) is 64.2 Å². The van der Waals surface area contributed by atoms with Crippen molar-refractivity contribution in [1.29, 1.82) is 0 Å². The fourth-order valence-corrected chi connectivity index (χ4v) is 4.15. The van der Waals surface area contributed by atoms with Gasteiger partial charge < -0.3 is 4.74 Å². The van der Waals surface area contributed by atoms with Crippen LogP contribution in [0.5, 0.6) is 5.75 Å². The van der Waals surface area contributed by atoms with Crippen LogP contribution in [0.3, 0.4) is 0 Å². The molecule has 0 unspecified atom stereocenters. The minimum atomic E-state index is -0.395. The molecule has 0 bridgehead atoms. The van der Waals surface area contributed by atoms with Gasteiger partial charge in [-0.25, -0.2) is 4.98 Å². The van der Waals surface area contributed by atoms with E-state index >= 15 is 0 Å². The molecule has 3 aromatic rings. The first kappa shape index (κ1) is 17.4. The van der Waals surface area contributed by atoms with Gasteiger partial charge in [-0.1, -0.05) is 23.9 Å². The van der Waals surface area contributed by atoms with E-state index in [1.54, 1.807) is 35.2 Å². The molecule has 0 saturated heterocycles. The summed E-state index contributed by atoms with van der Waals surface area (Å²) in [6.07, 6.45) is 3.99. The highest BCUT2D eigenvalue weighted by Gasteiger charge is 2.05. The average Bonchev–Trinajstić information content (AvgIpc) is 3.01. The molecule has 1 heterocycles. The van der Waals surface area contributed by atoms with Crippen LogP contribution in [0, 0.1) is 10.1 Å². The number of non-ortho nitro benzene ring substituents is 1. The van der Waals surface area contributed by atoms with E-state index < -0.39 is 4.92 Å². The maximum Gasteiger partial charge on any atom is 0.269 e. The number of benzene rings is 2. The molecule has 0 aliphatic carbocycles. The molecule has 0 spiro atoms. The third-order valence-electron chi connectivity index (χ3n) is 3.37. The number of rotatable bonds is 7. The molecule has 0 aliphatic rings. The van der Waals surface area contributed by atoms with Crippen LogP contribution in [0.25, 0.3) is 16.3 Å². The van der Waals surface area contributed by atoms with E-state index in [0.717, 1.165) is 31.6 Å². The Morgan fingerprint density at radius 1 is 1.28 bits per heavy atom. The molecule has 0 radical (unpaired) electrons. The number of thiazole rings is 1. The van der Waals surface area contributed by atoms with E-state index in [4.69, 9.17) is 4.74 Å². The highest BCUT2D eigenvalue weighted by molar-refractivity contribution is 8.01. The lowest BCUT2D eigenvalue weighted by Gasteiger charge is -2.00. The molecule has 25 heavy (non-hydrogen) atoms. The molecule has 0 aliphatic heterocycles. The lowest BCUT2D eigenvalue weighted by molar-refractivity contribution is -0.384. The van der Waals surface area contributed by atoms with Gasteiger partial charge in [0.15, 0.2) is 4.34 Å². The van der Waals surface area contributed by atoms with Crippen LogP contribution in [0.4, 0.5) is 5.69 Å². The van der Waals surface area contributed by atoms with Crippen LogP contribution in [0.2, 0.25) is 0 Å². The van der Waals surface area contributed by atoms with Gasteiger partial charge in [0, 0.05) is 17.9 Å². The predicted octanol–water partition coefficient (Wildman–Crippen LogP) is 5.41. The Kier molecular flexibility index (Phi) is 5.67. The summed E-state index contributed by atoms with van der Waals surface area (Å²) in [5.41, 5.74) is 2.03. The van der Waals surface area contributed by atoms with E-state index in [9.17, 15) is 10.1 Å². The summed E-state index contributed by atoms with van der Waals surface area (Å²) in [6, 6.07) is 12.4. The van der Waals surface area contributed by atoms with Gasteiger partial charge in [0.2, 0.25) is 0 Å². The maximum atomic E-state index is 10.6. The van der Waals surface area contributed by atoms with Crippen molar-refractivity contribution in [3.8, 4) is 5.75 Å².